The van der Waals surface area contributed by atoms with E-state index >= 15 is 0 Å². The maximum absolute atomic E-state index is 12.6. The van der Waals surface area contributed by atoms with Gasteiger partial charge < -0.3 is 9.80 Å². The number of likely N-dealkylation sites (tertiary alicyclic amines) is 1. The van der Waals surface area contributed by atoms with Gasteiger partial charge in [0.05, 0.1) is 0 Å². The number of amides is 2. The minimum Gasteiger partial charge on any atom is -0.338 e. The predicted octanol–water partition coefficient (Wildman–Crippen LogP) is 2.11. The van der Waals surface area contributed by atoms with Gasteiger partial charge in [0.1, 0.15) is 0 Å². The van der Waals surface area contributed by atoms with Gasteiger partial charge in [-0.05, 0) is 19.3 Å². The molecule has 23 heavy (non-hydrogen) atoms. The molecule has 6 heteroatoms. The van der Waals surface area contributed by atoms with Crippen molar-refractivity contribution in [3.05, 3.63) is 17.0 Å². The van der Waals surface area contributed by atoms with Crippen LogP contribution in [0.15, 0.2) is 0 Å². The van der Waals surface area contributed by atoms with Crippen LogP contribution in [-0.4, -0.2) is 51.4 Å². The van der Waals surface area contributed by atoms with Crippen LogP contribution in [0.4, 0.5) is 0 Å². The molecule has 0 bridgehead atoms. The summed E-state index contributed by atoms with van der Waals surface area (Å²) in [5.41, 5.74) is 2.47. The van der Waals surface area contributed by atoms with Crippen LogP contribution in [0.3, 0.4) is 0 Å². The first-order chi connectivity index (χ1) is 11.2. The fraction of sp³-hybridized carbons (Fsp3) is 0.706. The smallest absolute Gasteiger partial charge is 0.274 e. The van der Waals surface area contributed by atoms with Crippen LogP contribution in [0.25, 0.3) is 0 Å². The minimum absolute atomic E-state index is 0.0141. The Morgan fingerprint density at radius 1 is 1.13 bits per heavy atom. The van der Waals surface area contributed by atoms with E-state index in [0.717, 1.165) is 69.4 Å². The van der Waals surface area contributed by atoms with E-state index in [9.17, 15) is 9.59 Å². The third kappa shape index (κ3) is 3.41. The number of rotatable bonds is 5. The number of unbranched alkanes of at least 4 members (excludes halogenated alkanes) is 2. The molecule has 126 valence electrons. The highest BCUT2D eigenvalue weighted by Crippen LogP contribution is 2.23. The third-order valence-electron chi connectivity index (χ3n) is 4.88. The van der Waals surface area contributed by atoms with Crippen molar-refractivity contribution in [2.75, 3.05) is 19.6 Å². The Balaban J connectivity index is 1.68. The monoisotopic (exact) mass is 318 g/mol. The highest BCUT2D eigenvalue weighted by molar-refractivity contribution is 5.94. The van der Waals surface area contributed by atoms with Crippen molar-refractivity contribution < 1.29 is 9.59 Å². The number of nitrogens with one attached hydrogen (secondary N) is 1. The lowest BCUT2D eigenvalue weighted by Crippen LogP contribution is -2.37. The van der Waals surface area contributed by atoms with Crippen molar-refractivity contribution in [3.63, 3.8) is 0 Å². The van der Waals surface area contributed by atoms with Crippen molar-refractivity contribution >= 4 is 11.8 Å². The van der Waals surface area contributed by atoms with E-state index in [1.807, 2.05) is 9.80 Å². The second-order valence-electron chi connectivity index (χ2n) is 6.55. The van der Waals surface area contributed by atoms with Crippen LogP contribution in [-0.2, 0) is 17.8 Å². The largest absolute Gasteiger partial charge is 0.338 e. The van der Waals surface area contributed by atoms with Crippen molar-refractivity contribution in [1.29, 1.82) is 0 Å². The fourth-order valence-corrected chi connectivity index (χ4v) is 3.44. The fourth-order valence-electron chi connectivity index (χ4n) is 3.44. The number of hydrogen-bond donors (Lipinski definition) is 1. The quantitative estimate of drug-likeness (QED) is 0.845. The number of nitrogens with zero attached hydrogens (tertiary/aromatic N) is 3. The standard InChI is InChI=1S/C17H26N4O2/c1-2-3-4-7-15(22)21-11-8-14-13(12-21)16(19-18-14)17(23)20-9-5-6-10-20/h2-12H2,1H3,(H,18,19). The van der Waals surface area contributed by atoms with E-state index in [4.69, 9.17) is 0 Å². The summed E-state index contributed by atoms with van der Waals surface area (Å²) in [6.07, 6.45) is 6.67. The summed E-state index contributed by atoms with van der Waals surface area (Å²) in [4.78, 5) is 28.7. The minimum atomic E-state index is 0.0141. The molecule has 0 spiro atoms. The van der Waals surface area contributed by atoms with Crippen molar-refractivity contribution in [2.45, 2.75) is 58.4 Å². The predicted molar refractivity (Wildman–Crippen MR) is 87.0 cm³/mol. The lowest BCUT2D eigenvalue weighted by Gasteiger charge is -2.27. The first kappa shape index (κ1) is 16.0. The molecule has 3 heterocycles. The number of aromatic nitrogens is 2. The van der Waals surface area contributed by atoms with Gasteiger partial charge in [0.25, 0.3) is 5.91 Å². The summed E-state index contributed by atoms with van der Waals surface area (Å²) in [6, 6.07) is 0. The lowest BCUT2D eigenvalue weighted by molar-refractivity contribution is -0.132. The summed E-state index contributed by atoms with van der Waals surface area (Å²) in [7, 11) is 0. The first-order valence-electron chi connectivity index (χ1n) is 8.84. The highest BCUT2D eigenvalue weighted by atomic mass is 16.2. The number of hydrogen-bond acceptors (Lipinski definition) is 3. The Hall–Kier alpha value is -1.85. The van der Waals surface area contributed by atoms with Crippen LogP contribution < -0.4 is 0 Å². The number of fused-ring (bicyclic) bond motifs is 1. The zero-order valence-electron chi connectivity index (χ0n) is 13.9. The van der Waals surface area contributed by atoms with Gasteiger partial charge >= 0.3 is 0 Å². The Morgan fingerprint density at radius 3 is 2.65 bits per heavy atom. The van der Waals surface area contributed by atoms with Gasteiger partial charge in [0.15, 0.2) is 5.69 Å². The molecule has 6 nitrogen and oxygen atoms in total. The maximum atomic E-state index is 12.6. The molecule has 1 aromatic rings. The van der Waals surface area contributed by atoms with Crippen molar-refractivity contribution in [3.8, 4) is 0 Å². The van der Waals surface area contributed by atoms with Crippen LogP contribution >= 0.6 is 0 Å². The molecular weight excluding hydrogens is 292 g/mol. The molecule has 0 unspecified atom stereocenters. The van der Waals surface area contributed by atoms with Gasteiger partial charge in [-0.3, -0.25) is 14.7 Å². The zero-order chi connectivity index (χ0) is 16.2. The SMILES string of the molecule is CCCCCC(=O)N1CCc2[nH]nc(C(=O)N3CCCC3)c2C1. The number of aromatic amines is 1. The normalized spacial score (nSPS) is 17.4. The number of carbonyl (C=O) groups is 2. The summed E-state index contributed by atoms with van der Waals surface area (Å²) >= 11 is 0. The van der Waals surface area contributed by atoms with Crippen LogP contribution in [0, 0.1) is 0 Å². The van der Waals surface area contributed by atoms with Gasteiger partial charge in [-0.25, -0.2) is 0 Å². The van der Waals surface area contributed by atoms with Gasteiger partial charge in [-0.1, -0.05) is 19.8 Å². The van der Waals surface area contributed by atoms with E-state index < -0.39 is 0 Å². The van der Waals surface area contributed by atoms with Crippen LogP contribution in [0.2, 0.25) is 0 Å². The Kier molecular flexibility index (Phi) is 4.98. The molecule has 1 fully saturated rings. The molecule has 3 rings (SSSR count). The van der Waals surface area contributed by atoms with E-state index in [1.165, 1.54) is 0 Å². The van der Waals surface area contributed by atoms with Gasteiger partial charge in [-0.2, -0.15) is 5.10 Å². The number of H-pyrrole nitrogens is 1. The Labute approximate surface area is 137 Å². The molecule has 2 aliphatic rings. The molecule has 2 amide bonds. The van der Waals surface area contributed by atoms with E-state index in [2.05, 4.69) is 17.1 Å². The van der Waals surface area contributed by atoms with Crippen molar-refractivity contribution in [1.82, 2.24) is 20.0 Å². The molecule has 2 aliphatic heterocycles. The number of carbonyl (C=O) groups excluding carboxylic acids is 2. The topological polar surface area (TPSA) is 69.3 Å². The zero-order valence-corrected chi connectivity index (χ0v) is 13.9. The summed E-state index contributed by atoms with van der Waals surface area (Å²) in [5, 5.41) is 7.26. The second kappa shape index (κ2) is 7.15. The summed E-state index contributed by atoms with van der Waals surface area (Å²) in [6.45, 7) is 5.02. The molecule has 0 atom stereocenters. The maximum Gasteiger partial charge on any atom is 0.274 e. The lowest BCUT2D eigenvalue weighted by atomic mass is 10.0. The molecular formula is C17H26N4O2. The summed E-state index contributed by atoms with van der Waals surface area (Å²) in [5.74, 6) is 0.213. The van der Waals surface area contributed by atoms with E-state index in [-0.39, 0.29) is 11.8 Å². The van der Waals surface area contributed by atoms with Crippen LogP contribution in [0.1, 0.15) is 67.2 Å². The highest BCUT2D eigenvalue weighted by Gasteiger charge is 2.30. The average Bonchev–Trinajstić information content (AvgIpc) is 3.23. The molecule has 0 radical (unpaired) electrons. The first-order valence-corrected chi connectivity index (χ1v) is 8.84. The third-order valence-corrected chi connectivity index (χ3v) is 4.88. The van der Waals surface area contributed by atoms with Crippen molar-refractivity contribution in [2.24, 2.45) is 0 Å². The second-order valence-corrected chi connectivity index (χ2v) is 6.55. The average molecular weight is 318 g/mol. The van der Waals surface area contributed by atoms with E-state index in [0.29, 0.717) is 18.7 Å². The molecule has 1 aromatic heterocycles. The molecule has 0 aromatic carbocycles. The summed E-state index contributed by atoms with van der Waals surface area (Å²) < 4.78 is 0. The molecule has 0 aliphatic carbocycles. The Bertz CT molecular complexity index is 575. The van der Waals surface area contributed by atoms with E-state index in [1.54, 1.807) is 0 Å². The van der Waals surface area contributed by atoms with Crippen LogP contribution in [0.5, 0.6) is 0 Å². The molecule has 0 saturated carbocycles. The van der Waals surface area contributed by atoms with Gasteiger partial charge in [-0.15, -0.1) is 0 Å². The molecule has 1 N–H and O–H groups in total. The van der Waals surface area contributed by atoms with Gasteiger partial charge in [0.2, 0.25) is 5.91 Å². The van der Waals surface area contributed by atoms with Gasteiger partial charge in [0, 0.05) is 50.3 Å². The molecule has 1 saturated heterocycles. The Morgan fingerprint density at radius 2 is 1.91 bits per heavy atom.